The van der Waals surface area contributed by atoms with E-state index < -0.39 is 0 Å². The summed E-state index contributed by atoms with van der Waals surface area (Å²) in [5.41, 5.74) is 5.77. The van der Waals surface area contributed by atoms with E-state index in [0.717, 1.165) is 22.7 Å². The van der Waals surface area contributed by atoms with Crippen LogP contribution in [0.1, 0.15) is 11.1 Å². The summed E-state index contributed by atoms with van der Waals surface area (Å²) in [5, 5.41) is 0. The lowest BCUT2D eigenvalue weighted by Crippen LogP contribution is -2.43. The first kappa shape index (κ1) is 13.4. The molecule has 0 saturated heterocycles. The van der Waals surface area contributed by atoms with Crippen LogP contribution in [-0.2, 0) is 0 Å². The normalized spacial score (nSPS) is 17.5. The second-order valence-electron chi connectivity index (χ2n) is 6.17. The lowest BCUT2D eigenvalue weighted by molar-refractivity contribution is -0.520. The van der Waals surface area contributed by atoms with Gasteiger partial charge in [0.2, 0.25) is 5.69 Å². The minimum atomic E-state index is -0.196. The molecule has 0 radical (unpaired) electrons. The molecule has 2 aliphatic rings. The molecule has 2 heterocycles. The van der Waals surface area contributed by atoms with Crippen molar-refractivity contribution in [1.82, 2.24) is 0 Å². The molecular formula is C21H17N2O+. The summed E-state index contributed by atoms with van der Waals surface area (Å²) in [7, 11) is 0. The number of anilines is 2. The Labute approximate surface area is 141 Å². The largest absolute Gasteiger partial charge is 0.414 e. The Hall–Kier alpha value is -3.07. The van der Waals surface area contributed by atoms with Crippen LogP contribution in [-0.4, -0.2) is 17.1 Å². The van der Waals surface area contributed by atoms with Crippen LogP contribution in [0, 0.1) is 6.92 Å². The van der Waals surface area contributed by atoms with Gasteiger partial charge in [-0.15, -0.1) is 4.58 Å². The van der Waals surface area contributed by atoms with Crippen LogP contribution in [0.3, 0.4) is 0 Å². The molecular weight excluding hydrogens is 296 g/mol. The average Bonchev–Trinajstić information content (AvgIpc) is 3.03. The summed E-state index contributed by atoms with van der Waals surface area (Å²) >= 11 is 0. The minimum absolute atomic E-state index is 0.196. The summed E-state index contributed by atoms with van der Waals surface area (Å²) in [4.78, 5) is 2.28. The molecule has 116 valence electrons. The molecule has 1 unspecified atom stereocenters. The van der Waals surface area contributed by atoms with Crippen molar-refractivity contribution < 1.29 is 9.31 Å². The van der Waals surface area contributed by atoms with E-state index in [1.165, 1.54) is 11.3 Å². The third-order valence-corrected chi connectivity index (χ3v) is 4.66. The molecule has 0 bridgehead atoms. The van der Waals surface area contributed by atoms with Crippen LogP contribution < -0.4 is 9.64 Å². The van der Waals surface area contributed by atoms with Gasteiger partial charge in [0.05, 0.1) is 16.9 Å². The van der Waals surface area contributed by atoms with Crippen LogP contribution in [0.15, 0.2) is 72.8 Å². The molecule has 24 heavy (non-hydrogen) atoms. The first-order chi connectivity index (χ1) is 11.8. The van der Waals surface area contributed by atoms with Crippen LogP contribution in [0.25, 0.3) is 0 Å². The van der Waals surface area contributed by atoms with Gasteiger partial charge in [-0.3, -0.25) is 0 Å². The summed E-state index contributed by atoms with van der Waals surface area (Å²) in [5.74, 6) is 0.966. The van der Waals surface area contributed by atoms with Gasteiger partial charge in [0.15, 0.2) is 12.0 Å². The van der Waals surface area contributed by atoms with Gasteiger partial charge in [-0.2, -0.15) is 0 Å². The molecule has 5 rings (SSSR count). The van der Waals surface area contributed by atoms with Crippen molar-refractivity contribution in [2.75, 3.05) is 4.90 Å². The number of benzene rings is 3. The standard InChI is InChI=1S/C21H17N2O/c1-15-8-7-13-19-20(15)24-21-22(17-10-3-2-4-11-17)14-16-9-5-6-12-18(16)23(19)21/h2-14,21H,1H3/q+1. The fourth-order valence-corrected chi connectivity index (χ4v) is 3.52. The highest BCUT2D eigenvalue weighted by atomic mass is 16.5. The quantitative estimate of drug-likeness (QED) is 0.611. The Balaban J connectivity index is 1.76. The van der Waals surface area contributed by atoms with E-state index in [0.29, 0.717) is 0 Å². The van der Waals surface area contributed by atoms with E-state index in [1.807, 2.05) is 6.07 Å². The number of fused-ring (bicyclic) bond motifs is 5. The monoisotopic (exact) mass is 313 g/mol. The first-order valence-corrected chi connectivity index (χ1v) is 8.16. The fourth-order valence-electron chi connectivity index (χ4n) is 3.52. The highest BCUT2D eigenvalue weighted by Gasteiger charge is 2.45. The van der Waals surface area contributed by atoms with Crippen LogP contribution in [0.5, 0.6) is 5.75 Å². The summed E-state index contributed by atoms with van der Waals surface area (Å²) in [6, 6.07) is 25.2. The van der Waals surface area contributed by atoms with Crippen molar-refractivity contribution in [2.24, 2.45) is 0 Å². The third kappa shape index (κ3) is 1.81. The van der Waals surface area contributed by atoms with E-state index in [2.05, 4.69) is 89.3 Å². The lowest BCUT2D eigenvalue weighted by Gasteiger charge is -2.27. The zero-order valence-electron chi connectivity index (χ0n) is 13.4. The second-order valence-corrected chi connectivity index (χ2v) is 6.17. The number of hydrogen-bond acceptors (Lipinski definition) is 2. The van der Waals surface area contributed by atoms with Crippen LogP contribution in [0.4, 0.5) is 17.1 Å². The van der Waals surface area contributed by atoms with Crippen LogP contribution in [0.2, 0.25) is 0 Å². The molecule has 0 aliphatic carbocycles. The highest BCUT2D eigenvalue weighted by molar-refractivity contribution is 5.91. The zero-order chi connectivity index (χ0) is 16.1. The smallest absolute Gasteiger partial charge is 0.394 e. The number of rotatable bonds is 1. The number of ether oxygens (including phenoxy) is 1. The van der Waals surface area contributed by atoms with Crippen molar-refractivity contribution in [1.29, 1.82) is 0 Å². The molecule has 2 aliphatic heterocycles. The van der Waals surface area contributed by atoms with Gasteiger partial charge in [0, 0.05) is 12.1 Å². The maximum atomic E-state index is 6.39. The molecule has 0 aromatic heterocycles. The number of aryl methyl sites for hydroxylation is 1. The molecule has 3 heteroatoms. The van der Waals surface area contributed by atoms with Crippen molar-refractivity contribution in [3.8, 4) is 5.75 Å². The van der Waals surface area contributed by atoms with Gasteiger partial charge < -0.3 is 4.74 Å². The molecule has 0 amide bonds. The van der Waals surface area contributed by atoms with Crippen molar-refractivity contribution >= 4 is 23.3 Å². The fraction of sp³-hybridized carbons (Fsp3) is 0.0952. The first-order valence-electron chi connectivity index (χ1n) is 8.16. The molecule has 0 saturated carbocycles. The molecule has 3 aromatic carbocycles. The van der Waals surface area contributed by atoms with Gasteiger partial charge in [-0.1, -0.05) is 42.5 Å². The molecule has 3 aromatic rings. The summed E-state index contributed by atoms with van der Waals surface area (Å²) in [6.45, 7) is 2.10. The average molecular weight is 313 g/mol. The van der Waals surface area contributed by atoms with Gasteiger partial charge in [0.25, 0.3) is 0 Å². The highest BCUT2D eigenvalue weighted by Crippen LogP contribution is 2.47. The zero-order valence-corrected chi connectivity index (χ0v) is 13.4. The maximum absolute atomic E-state index is 6.39. The maximum Gasteiger partial charge on any atom is 0.394 e. The van der Waals surface area contributed by atoms with Gasteiger partial charge >= 0.3 is 6.35 Å². The number of nitrogens with zero attached hydrogens (tertiary/aromatic N) is 2. The van der Waals surface area contributed by atoms with E-state index in [9.17, 15) is 0 Å². The predicted octanol–water partition coefficient (Wildman–Crippen LogP) is 4.59. The van der Waals surface area contributed by atoms with Crippen LogP contribution >= 0.6 is 0 Å². The second kappa shape index (κ2) is 4.96. The Morgan fingerprint density at radius 2 is 1.58 bits per heavy atom. The lowest BCUT2D eigenvalue weighted by atomic mass is 10.1. The van der Waals surface area contributed by atoms with E-state index in [4.69, 9.17) is 4.74 Å². The van der Waals surface area contributed by atoms with Crippen molar-refractivity contribution in [2.45, 2.75) is 13.3 Å². The molecule has 0 N–H and O–H groups in total. The van der Waals surface area contributed by atoms with Crippen molar-refractivity contribution in [3.63, 3.8) is 0 Å². The Morgan fingerprint density at radius 1 is 0.833 bits per heavy atom. The van der Waals surface area contributed by atoms with Crippen molar-refractivity contribution in [3.05, 3.63) is 83.9 Å². The topological polar surface area (TPSA) is 15.5 Å². The Morgan fingerprint density at radius 3 is 2.46 bits per heavy atom. The SMILES string of the molecule is Cc1cccc2c1OC1N2c2ccccc2C=[N+]1c1ccccc1. The third-order valence-electron chi connectivity index (χ3n) is 4.66. The van der Waals surface area contributed by atoms with Gasteiger partial charge in [0.1, 0.15) is 0 Å². The van der Waals surface area contributed by atoms with E-state index in [-0.39, 0.29) is 6.35 Å². The molecule has 0 spiro atoms. The number of hydrogen-bond donors (Lipinski definition) is 0. The molecule has 1 atom stereocenters. The summed E-state index contributed by atoms with van der Waals surface area (Å²) in [6.07, 6.45) is 1.98. The predicted molar refractivity (Wildman–Crippen MR) is 95.7 cm³/mol. The van der Waals surface area contributed by atoms with Gasteiger partial charge in [-0.25, -0.2) is 4.90 Å². The minimum Gasteiger partial charge on any atom is -0.414 e. The Bertz CT molecular complexity index is 963. The van der Waals surface area contributed by atoms with E-state index in [1.54, 1.807) is 0 Å². The molecule has 3 nitrogen and oxygen atoms in total. The summed E-state index contributed by atoms with van der Waals surface area (Å²) < 4.78 is 8.58. The van der Waals surface area contributed by atoms with E-state index >= 15 is 0 Å². The molecule has 0 fully saturated rings. The number of para-hydroxylation sites is 3. The van der Waals surface area contributed by atoms with Gasteiger partial charge in [-0.05, 0) is 30.7 Å². The Kier molecular flexibility index (Phi) is 2.77.